The summed E-state index contributed by atoms with van der Waals surface area (Å²) in [5, 5.41) is 4.25. The highest BCUT2D eigenvalue weighted by molar-refractivity contribution is 6.30. The predicted octanol–water partition coefficient (Wildman–Crippen LogP) is 2.49. The quantitative estimate of drug-likeness (QED) is 0.908. The molecule has 1 saturated heterocycles. The van der Waals surface area contributed by atoms with Gasteiger partial charge in [0.15, 0.2) is 0 Å². The molecule has 1 fully saturated rings. The molecule has 1 N–H and O–H groups in total. The van der Waals surface area contributed by atoms with Crippen molar-refractivity contribution in [1.29, 1.82) is 0 Å². The minimum atomic E-state index is 0. The molecule has 3 rings (SSSR count). The average molecular weight is 303 g/mol. The Bertz CT molecular complexity index is 453. The van der Waals surface area contributed by atoms with Crippen LogP contribution in [0.25, 0.3) is 0 Å². The molecule has 0 saturated carbocycles. The van der Waals surface area contributed by atoms with E-state index in [9.17, 15) is 0 Å². The molecule has 1 aromatic carbocycles. The van der Waals surface area contributed by atoms with E-state index in [4.69, 9.17) is 16.3 Å². The van der Waals surface area contributed by atoms with Crippen molar-refractivity contribution in [3.63, 3.8) is 0 Å². The van der Waals surface area contributed by atoms with Gasteiger partial charge in [-0.25, -0.2) is 0 Å². The van der Waals surface area contributed by atoms with Gasteiger partial charge in [0.1, 0.15) is 5.75 Å². The second kappa shape index (κ2) is 6.31. The van der Waals surface area contributed by atoms with Crippen molar-refractivity contribution in [1.82, 2.24) is 10.2 Å². The zero-order valence-corrected chi connectivity index (χ0v) is 12.7. The lowest BCUT2D eigenvalue weighted by Crippen LogP contribution is -2.49. The van der Waals surface area contributed by atoms with Crippen LogP contribution in [0.3, 0.4) is 0 Å². The number of halogens is 2. The third kappa shape index (κ3) is 3.16. The molecule has 1 aromatic rings. The molecule has 0 radical (unpaired) electrons. The van der Waals surface area contributed by atoms with Crippen LogP contribution >= 0.6 is 24.0 Å². The van der Waals surface area contributed by atoms with Gasteiger partial charge < -0.3 is 10.1 Å². The fourth-order valence-corrected chi connectivity index (χ4v) is 3.06. The van der Waals surface area contributed by atoms with Crippen LogP contribution in [0.1, 0.15) is 18.1 Å². The van der Waals surface area contributed by atoms with E-state index < -0.39 is 0 Å². The lowest BCUT2D eigenvalue weighted by atomic mass is 10.1. The van der Waals surface area contributed by atoms with E-state index in [1.54, 1.807) is 0 Å². The molecule has 106 valence electrons. The van der Waals surface area contributed by atoms with Crippen LogP contribution in [0.2, 0.25) is 5.02 Å². The van der Waals surface area contributed by atoms with Gasteiger partial charge in [0.05, 0.1) is 6.61 Å². The van der Waals surface area contributed by atoms with Crippen molar-refractivity contribution in [3.8, 4) is 5.75 Å². The SMILES string of the molecule is CC1CNCCN1Cc1cc(Cl)cc2c1OCC2.Cl. The van der Waals surface area contributed by atoms with Gasteiger partial charge in [-0.2, -0.15) is 0 Å². The Balaban J connectivity index is 0.00000133. The van der Waals surface area contributed by atoms with Gasteiger partial charge in [0.2, 0.25) is 0 Å². The molecule has 2 aliphatic heterocycles. The first-order valence-electron chi connectivity index (χ1n) is 6.63. The van der Waals surface area contributed by atoms with Gasteiger partial charge >= 0.3 is 0 Å². The summed E-state index contributed by atoms with van der Waals surface area (Å²) in [6.45, 7) is 7.20. The van der Waals surface area contributed by atoms with Crippen molar-refractivity contribution in [2.45, 2.75) is 25.9 Å². The molecule has 5 heteroatoms. The topological polar surface area (TPSA) is 24.5 Å². The molecular formula is C14H20Cl2N2O. The van der Waals surface area contributed by atoms with Crippen LogP contribution in [0, 0.1) is 0 Å². The number of ether oxygens (including phenoxy) is 1. The van der Waals surface area contributed by atoms with Crippen LogP contribution < -0.4 is 10.1 Å². The van der Waals surface area contributed by atoms with Crippen molar-refractivity contribution < 1.29 is 4.74 Å². The highest BCUT2D eigenvalue weighted by Gasteiger charge is 2.22. The first-order chi connectivity index (χ1) is 8.74. The number of rotatable bonds is 2. The number of fused-ring (bicyclic) bond motifs is 1. The zero-order valence-electron chi connectivity index (χ0n) is 11.1. The Morgan fingerprint density at radius 3 is 3.11 bits per heavy atom. The molecule has 19 heavy (non-hydrogen) atoms. The molecule has 2 aliphatic rings. The van der Waals surface area contributed by atoms with Gasteiger partial charge in [0, 0.05) is 49.2 Å². The fraction of sp³-hybridized carbons (Fsp3) is 0.571. The first-order valence-corrected chi connectivity index (χ1v) is 7.00. The van der Waals surface area contributed by atoms with E-state index >= 15 is 0 Å². The van der Waals surface area contributed by atoms with Gasteiger partial charge in [-0.15, -0.1) is 12.4 Å². The number of benzene rings is 1. The summed E-state index contributed by atoms with van der Waals surface area (Å²) in [4.78, 5) is 2.49. The Morgan fingerprint density at radius 1 is 1.47 bits per heavy atom. The second-order valence-corrected chi connectivity index (χ2v) is 5.61. The van der Waals surface area contributed by atoms with Crippen LogP contribution in [0.15, 0.2) is 12.1 Å². The van der Waals surface area contributed by atoms with Gasteiger partial charge in [-0.3, -0.25) is 4.90 Å². The zero-order chi connectivity index (χ0) is 12.5. The van der Waals surface area contributed by atoms with E-state index in [-0.39, 0.29) is 12.4 Å². The van der Waals surface area contributed by atoms with Crippen LogP contribution in [0.4, 0.5) is 0 Å². The summed E-state index contributed by atoms with van der Waals surface area (Å²) in [5.74, 6) is 1.07. The summed E-state index contributed by atoms with van der Waals surface area (Å²) >= 11 is 6.20. The van der Waals surface area contributed by atoms with E-state index in [2.05, 4.69) is 23.2 Å². The molecule has 0 amide bonds. The molecule has 1 unspecified atom stereocenters. The molecule has 2 heterocycles. The van der Waals surface area contributed by atoms with Gasteiger partial charge in [-0.05, 0) is 24.6 Å². The maximum atomic E-state index is 6.20. The summed E-state index contributed by atoms with van der Waals surface area (Å²) in [6.07, 6.45) is 0.986. The number of hydrogen-bond donors (Lipinski definition) is 1. The Morgan fingerprint density at radius 2 is 2.32 bits per heavy atom. The van der Waals surface area contributed by atoms with E-state index in [0.29, 0.717) is 6.04 Å². The molecule has 1 atom stereocenters. The van der Waals surface area contributed by atoms with Crippen LogP contribution in [0.5, 0.6) is 5.75 Å². The number of hydrogen-bond acceptors (Lipinski definition) is 3. The highest BCUT2D eigenvalue weighted by atomic mass is 35.5. The highest BCUT2D eigenvalue weighted by Crippen LogP contribution is 2.33. The Kier molecular flexibility index (Phi) is 4.96. The third-order valence-electron chi connectivity index (χ3n) is 3.84. The fourth-order valence-electron chi connectivity index (χ4n) is 2.80. The van der Waals surface area contributed by atoms with Crippen molar-refractivity contribution in [2.24, 2.45) is 0 Å². The lowest BCUT2D eigenvalue weighted by Gasteiger charge is -2.34. The van der Waals surface area contributed by atoms with Crippen molar-refractivity contribution in [2.75, 3.05) is 26.2 Å². The molecular weight excluding hydrogens is 283 g/mol. The molecule has 0 aromatic heterocycles. The molecule has 3 nitrogen and oxygen atoms in total. The molecule has 0 bridgehead atoms. The first kappa shape index (κ1) is 14.9. The Labute approximate surface area is 125 Å². The smallest absolute Gasteiger partial charge is 0.127 e. The second-order valence-electron chi connectivity index (χ2n) is 5.18. The van der Waals surface area contributed by atoms with Crippen molar-refractivity contribution in [3.05, 3.63) is 28.3 Å². The lowest BCUT2D eigenvalue weighted by molar-refractivity contribution is 0.164. The summed E-state index contributed by atoms with van der Waals surface area (Å²) in [7, 11) is 0. The van der Waals surface area contributed by atoms with Gasteiger partial charge in [0.25, 0.3) is 0 Å². The average Bonchev–Trinajstić information content (AvgIpc) is 2.80. The Hall–Kier alpha value is -0.480. The van der Waals surface area contributed by atoms with E-state index in [1.807, 2.05) is 6.07 Å². The maximum Gasteiger partial charge on any atom is 0.127 e. The minimum absolute atomic E-state index is 0. The number of nitrogens with one attached hydrogen (secondary N) is 1. The van der Waals surface area contributed by atoms with E-state index in [0.717, 1.165) is 50.0 Å². The molecule has 0 spiro atoms. The number of nitrogens with zero attached hydrogens (tertiary/aromatic N) is 1. The monoisotopic (exact) mass is 302 g/mol. The van der Waals surface area contributed by atoms with Crippen LogP contribution in [-0.2, 0) is 13.0 Å². The third-order valence-corrected chi connectivity index (χ3v) is 4.06. The summed E-state index contributed by atoms with van der Waals surface area (Å²) in [6, 6.07) is 4.66. The van der Waals surface area contributed by atoms with E-state index in [1.165, 1.54) is 11.1 Å². The number of piperazine rings is 1. The van der Waals surface area contributed by atoms with Crippen LogP contribution in [-0.4, -0.2) is 37.2 Å². The predicted molar refractivity (Wildman–Crippen MR) is 80.6 cm³/mol. The normalized spacial score (nSPS) is 22.5. The summed E-state index contributed by atoms with van der Waals surface area (Å²) < 4.78 is 5.76. The van der Waals surface area contributed by atoms with Crippen molar-refractivity contribution >= 4 is 24.0 Å². The standard InChI is InChI=1S/C14H19ClN2O.ClH/c1-10-8-16-3-4-17(10)9-12-7-13(15)6-11-2-5-18-14(11)12;/h6-7,10,16H,2-5,8-9H2,1H3;1H. The maximum absolute atomic E-state index is 6.20. The largest absolute Gasteiger partial charge is 0.493 e. The minimum Gasteiger partial charge on any atom is -0.493 e. The summed E-state index contributed by atoms with van der Waals surface area (Å²) in [5.41, 5.74) is 2.50. The molecule has 0 aliphatic carbocycles. The van der Waals surface area contributed by atoms with Gasteiger partial charge in [-0.1, -0.05) is 11.6 Å².